The predicted molar refractivity (Wildman–Crippen MR) is 92.8 cm³/mol. The number of ether oxygens (including phenoxy) is 1. The van der Waals surface area contributed by atoms with Crippen molar-refractivity contribution in [2.24, 2.45) is 5.92 Å². The minimum atomic E-state index is -0.173. The second kappa shape index (κ2) is 7.44. The van der Waals surface area contributed by atoms with E-state index in [4.69, 9.17) is 4.74 Å². The van der Waals surface area contributed by atoms with E-state index in [1.165, 1.54) is 0 Å². The van der Waals surface area contributed by atoms with E-state index >= 15 is 0 Å². The van der Waals surface area contributed by atoms with Crippen LogP contribution in [0.15, 0.2) is 42.5 Å². The number of anilines is 1. The lowest BCUT2D eigenvalue weighted by molar-refractivity contribution is 0.122. The standard InChI is InChI=1S/C18H23N3O2/c1-21-9-10-23-13-14(12-21)11-19-18(22)20-17-8-4-6-15-5-2-3-7-16(15)17/h2-8,14H,9-13H2,1H3,(H2,19,20,22)/t14-/m0/s1. The smallest absolute Gasteiger partial charge is 0.319 e. The minimum Gasteiger partial charge on any atom is -0.380 e. The maximum absolute atomic E-state index is 12.2. The van der Waals surface area contributed by atoms with Crippen molar-refractivity contribution in [1.29, 1.82) is 0 Å². The molecule has 0 aromatic heterocycles. The summed E-state index contributed by atoms with van der Waals surface area (Å²) < 4.78 is 5.57. The zero-order valence-electron chi connectivity index (χ0n) is 13.4. The van der Waals surface area contributed by atoms with Crippen LogP contribution in [0.4, 0.5) is 10.5 Å². The topological polar surface area (TPSA) is 53.6 Å². The Balaban J connectivity index is 1.58. The second-order valence-corrected chi connectivity index (χ2v) is 6.06. The second-order valence-electron chi connectivity index (χ2n) is 6.06. The molecule has 0 spiro atoms. The number of carbonyl (C=O) groups excluding carboxylic acids is 1. The van der Waals surface area contributed by atoms with Crippen LogP contribution in [-0.2, 0) is 4.74 Å². The van der Waals surface area contributed by atoms with E-state index in [0.29, 0.717) is 19.1 Å². The molecule has 0 saturated carbocycles. The molecule has 1 heterocycles. The van der Waals surface area contributed by atoms with Crippen molar-refractivity contribution >= 4 is 22.5 Å². The van der Waals surface area contributed by atoms with Gasteiger partial charge < -0.3 is 20.3 Å². The first kappa shape index (κ1) is 15.8. The van der Waals surface area contributed by atoms with Crippen molar-refractivity contribution in [3.63, 3.8) is 0 Å². The van der Waals surface area contributed by atoms with Crippen LogP contribution in [0.2, 0.25) is 0 Å². The summed E-state index contributed by atoms with van der Waals surface area (Å²) in [5, 5.41) is 8.06. The first-order chi connectivity index (χ1) is 11.2. The van der Waals surface area contributed by atoms with E-state index in [-0.39, 0.29) is 6.03 Å². The Hall–Kier alpha value is -2.11. The Morgan fingerprint density at radius 1 is 1.26 bits per heavy atom. The lowest BCUT2D eigenvalue weighted by atomic mass is 10.1. The van der Waals surface area contributed by atoms with Gasteiger partial charge in [-0.05, 0) is 18.5 Å². The average molecular weight is 313 g/mol. The maximum atomic E-state index is 12.2. The van der Waals surface area contributed by atoms with E-state index in [0.717, 1.165) is 36.2 Å². The van der Waals surface area contributed by atoms with Gasteiger partial charge >= 0.3 is 6.03 Å². The van der Waals surface area contributed by atoms with Gasteiger partial charge in [0.05, 0.1) is 18.9 Å². The van der Waals surface area contributed by atoms with Crippen molar-refractivity contribution in [1.82, 2.24) is 10.2 Å². The van der Waals surface area contributed by atoms with Crippen LogP contribution in [0, 0.1) is 5.92 Å². The summed E-state index contributed by atoms with van der Waals surface area (Å²) in [7, 11) is 2.08. The fourth-order valence-electron chi connectivity index (χ4n) is 2.92. The van der Waals surface area contributed by atoms with E-state index in [9.17, 15) is 4.79 Å². The molecule has 0 radical (unpaired) electrons. The first-order valence-electron chi connectivity index (χ1n) is 8.01. The molecule has 2 amide bonds. The number of nitrogens with one attached hydrogen (secondary N) is 2. The Kier molecular flexibility index (Phi) is 5.10. The van der Waals surface area contributed by atoms with E-state index in [2.05, 4.69) is 22.6 Å². The van der Waals surface area contributed by atoms with Crippen LogP contribution >= 0.6 is 0 Å². The third-order valence-electron chi connectivity index (χ3n) is 4.13. The summed E-state index contributed by atoms with van der Waals surface area (Å²) in [6.07, 6.45) is 0. The molecule has 2 aromatic carbocycles. The van der Waals surface area contributed by atoms with Gasteiger partial charge in [-0.15, -0.1) is 0 Å². The van der Waals surface area contributed by atoms with Gasteiger partial charge in [0.1, 0.15) is 0 Å². The zero-order chi connectivity index (χ0) is 16.1. The first-order valence-corrected chi connectivity index (χ1v) is 8.01. The summed E-state index contributed by atoms with van der Waals surface area (Å²) in [6.45, 7) is 3.95. The van der Waals surface area contributed by atoms with Gasteiger partial charge in [0.15, 0.2) is 0 Å². The molecule has 5 heteroatoms. The Morgan fingerprint density at radius 3 is 3.00 bits per heavy atom. The normalized spacial score (nSPS) is 19.3. The fourth-order valence-corrected chi connectivity index (χ4v) is 2.92. The molecule has 5 nitrogen and oxygen atoms in total. The Labute approximate surface area is 136 Å². The number of likely N-dealkylation sites (N-methyl/N-ethyl adjacent to an activating group) is 1. The number of rotatable bonds is 3. The van der Waals surface area contributed by atoms with Gasteiger partial charge in [-0.2, -0.15) is 0 Å². The minimum absolute atomic E-state index is 0.173. The van der Waals surface area contributed by atoms with Crippen LogP contribution in [0.25, 0.3) is 10.8 Å². The fraction of sp³-hybridized carbons (Fsp3) is 0.389. The van der Waals surface area contributed by atoms with Gasteiger partial charge in [-0.3, -0.25) is 0 Å². The number of hydrogen-bond acceptors (Lipinski definition) is 3. The summed E-state index contributed by atoms with van der Waals surface area (Å²) >= 11 is 0. The highest BCUT2D eigenvalue weighted by atomic mass is 16.5. The number of urea groups is 1. The number of amides is 2. The highest BCUT2D eigenvalue weighted by Crippen LogP contribution is 2.22. The van der Waals surface area contributed by atoms with Crippen molar-refractivity contribution in [3.8, 4) is 0 Å². The van der Waals surface area contributed by atoms with E-state index in [1.807, 2.05) is 42.5 Å². The molecule has 23 heavy (non-hydrogen) atoms. The molecule has 1 saturated heterocycles. The van der Waals surface area contributed by atoms with E-state index < -0.39 is 0 Å². The van der Waals surface area contributed by atoms with Gasteiger partial charge in [0, 0.05) is 30.9 Å². The maximum Gasteiger partial charge on any atom is 0.319 e. The third kappa shape index (κ3) is 4.21. The molecule has 0 unspecified atom stereocenters. The quantitative estimate of drug-likeness (QED) is 0.915. The molecular formula is C18H23N3O2. The van der Waals surface area contributed by atoms with Crippen molar-refractivity contribution in [2.45, 2.75) is 0 Å². The van der Waals surface area contributed by atoms with Crippen molar-refractivity contribution in [3.05, 3.63) is 42.5 Å². The molecule has 1 aliphatic heterocycles. The molecule has 122 valence electrons. The molecule has 1 aliphatic rings. The summed E-state index contributed by atoms with van der Waals surface area (Å²) in [5.74, 6) is 0.320. The van der Waals surface area contributed by atoms with Crippen LogP contribution in [0.1, 0.15) is 0 Å². The van der Waals surface area contributed by atoms with E-state index in [1.54, 1.807) is 0 Å². The van der Waals surface area contributed by atoms with Gasteiger partial charge in [-0.1, -0.05) is 36.4 Å². The number of nitrogens with zero attached hydrogens (tertiary/aromatic N) is 1. The molecule has 2 aromatic rings. The predicted octanol–water partition coefficient (Wildman–Crippen LogP) is 2.54. The molecule has 1 fully saturated rings. The molecule has 0 aliphatic carbocycles. The highest BCUT2D eigenvalue weighted by Gasteiger charge is 2.17. The number of fused-ring (bicyclic) bond motifs is 1. The third-order valence-corrected chi connectivity index (χ3v) is 4.13. The Morgan fingerprint density at radius 2 is 2.09 bits per heavy atom. The van der Waals surface area contributed by atoms with Crippen molar-refractivity contribution in [2.75, 3.05) is 45.2 Å². The summed E-state index contributed by atoms with van der Waals surface area (Å²) in [4.78, 5) is 14.4. The molecular weight excluding hydrogens is 290 g/mol. The largest absolute Gasteiger partial charge is 0.380 e. The summed E-state index contributed by atoms with van der Waals surface area (Å²) in [5.41, 5.74) is 0.829. The zero-order valence-corrected chi connectivity index (χ0v) is 13.4. The molecule has 1 atom stereocenters. The highest BCUT2D eigenvalue weighted by molar-refractivity contribution is 6.01. The lowest BCUT2D eigenvalue weighted by Crippen LogP contribution is -2.37. The Bertz CT molecular complexity index is 669. The number of benzene rings is 2. The van der Waals surface area contributed by atoms with Gasteiger partial charge in [-0.25, -0.2) is 4.79 Å². The van der Waals surface area contributed by atoms with Crippen LogP contribution in [0.3, 0.4) is 0 Å². The van der Waals surface area contributed by atoms with Gasteiger partial charge in [0.25, 0.3) is 0 Å². The number of carbonyl (C=O) groups is 1. The van der Waals surface area contributed by atoms with Crippen LogP contribution in [0.5, 0.6) is 0 Å². The monoisotopic (exact) mass is 313 g/mol. The summed E-state index contributed by atoms with van der Waals surface area (Å²) in [6, 6.07) is 13.8. The lowest BCUT2D eigenvalue weighted by Gasteiger charge is -2.19. The average Bonchev–Trinajstić information content (AvgIpc) is 2.77. The van der Waals surface area contributed by atoms with Crippen molar-refractivity contribution < 1.29 is 9.53 Å². The molecule has 3 rings (SSSR count). The number of hydrogen-bond donors (Lipinski definition) is 2. The van der Waals surface area contributed by atoms with Crippen LogP contribution in [-0.4, -0.2) is 50.8 Å². The van der Waals surface area contributed by atoms with Crippen LogP contribution < -0.4 is 10.6 Å². The molecule has 0 bridgehead atoms. The van der Waals surface area contributed by atoms with Gasteiger partial charge in [0.2, 0.25) is 0 Å². The SMILES string of the molecule is CN1CCOC[C@@H](CNC(=O)Nc2cccc3ccccc23)C1. The molecule has 2 N–H and O–H groups in total.